The largest absolute Gasteiger partial charge is 0.495 e. The lowest BCUT2D eigenvalue weighted by molar-refractivity contribution is -0.138. The fourth-order valence-electron chi connectivity index (χ4n) is 2.77. The summed E-state index contributed by atoms with van der Waals surface area (Å²) in [5.74, 6) is -0.553. The van der Waals surface area contributed by atoms with Crippen LogP contribution in [0.5, 0.6) is 11.5 Å². The predicted molar refractivity (Wildman–Crippen MR) is 107 cm³/mol. The van der Waals surface area contributed by atoms with Gasteiger partial charge < -0.3 is 19.5 Å². The molecular formula is C21H19ClFNO4. The van der Waals surface area contributed by atoms with Crippen molar-refractivity contribution in [3.8, 4) is 11.5 Å². The third kappa shape index (κ3) is 4.12. The molecule has 0 aliphatic carbocycles. The first-order chi connectivity index (χ1) is 13.5. The summed E-state index contributed by atoms with van der Waals surface area (Å²) in [6.45, 7) is 0.0186. The number of fused-ring (bicyclic) bond motifs is 1. The van der Waals surface area contributed by atoms with Crippen LogP contribution in [-0.2, 0) is 16.1 Å². The van der Waals surface area contributed by atoms with Crippen molar-refractivity contribution in [1.82, 2.24) is 0 Å². The van der Waals surface area contributed by atoms with Gasteiger partial charge >= 0.3 is 5.97 Å². The van der Waals surface area contributed by atoms with Crippen LogP contribution in [0.1, 0.15) is 5.56 Å². The lowest BCUT2D eigenvalue weighted by Gasteiger charge is -2.17. The smallest absolute Gasteiger partial charge is 0.325 e. The lowest BCUT2D eigenvalue weighted by atomic mass is 10.1. The zero-order chi connectivity index (χ0) is 20.1. The average molecular weight is 404 g/mol. The van der Waals surface area contributed by atoms with Gasteiger partial charge in [-0.15, -0.1) is 0 Å². The van der Waals surface area contributed by atoms with Crippen LogP contribution < -0.4 is 14.8 Å². The molecule has 3 aromatic rings. The van der Waals surface area contributed by atoms with Crippen molar-refractivity contribution in [2.24, 2.45) is 0 Å². The van der Waals surface area contributed by atoms with E-state index in [-0.39, 0.29) is 35.0 Å². The Bertz CT molecular complexity index is 995. The summed E-state index contributed by atoms with van der Waals surface area (Å²) < 4.78 is 31.0. The maximum Gasteiger partial charge on any atom is 0.325 e. The monoisotopic (exact) mass is 403 g/mol. The first-order valence-corrected chi connectivity index (χ1v) is 8.89. The van der Waals surface area contributed by atoms with E-state index < -0.39 is 11.8 Å². The van der Waals surface area contributed by atoms with Gasteiger partial charge in [0.15, 0.2) is 5.82 Å². The molecule has 5 nitrogen and oxygen atoms in total. The van der Waals surface area contributed by atoms with E-state index in [4.69, 9.17) is 21.1 Å². The van der Waals surface area contributed by atoms with Crippen molar-refractivity contribution in [3.05, 3.63) is 64.9 Å². The zero-order valence-electron chi connectivity index (χ0n) is 15.4. The highest BCUT2D eigenvalue weighted by Gasteiger charge is 2.20. The molecule has 0 unspecified atom stereocenters. The Hall–Kier alpha value is -2.99. The minimum atomic E-state index is -0.631. The molecule has 3 rings (SSSR count). The van der Waals surface area contributed by atoms with Crippen LogP contribution in [0, 0.1) is 5.82 Å². The highest BCUT2D eigenvalue weighted by Crippen LogP contribution is 2.41. The molecule has 0 radical (unpaired) electrons. The van der Waals surface area contributed by atoms with Gasteiger partial charge in [0, 0.05) is 5.39 Å². The van der Waals surface area contributed by atoms with Gasteiger partial charge in [-0.1, -0.05) is 48.0 Å². The third-order valence-corrected chi connectivity index (χ3v) is 4.58. The number of anilines is 1. The molecule has 0 fully saturated rings. The Kier molecular flexibility index (Phi) is 6.21. The van der Waals surface area contributed by atoms with Crippen molar-refractivity contribution >= 4 is 34.0 Å². The fourth-order valence-corrected chi connectivity index (χ4v) is 3.10. The van der Waals surface area contributed by atoms with Crippen LogP contribution in [-0.4, -0.2) is 26.7 Å². The van der Waals surface area contributed by atoms with Crippen LogP contribution in [0.3, 0.4) is 0 Å². The molecule has 0 aliphatic rings. The lowest BCUT2D eigenvalue weighted by Crippen LogP contribution is -2.16. The van der Waals surface area contributed by atoms with Crippen molar-refractivity contribution in [2.75, 3.05) is 26.1 Å². The second kappa shape index (κ2) is 8.80. The van der Waals surface area contributed by atoms with E-state index in [1.54, 1.807) is 18.2 Å². The SMILES string of the molecule is COC(=O)CNc1c(OCc2ccccc2)cc2ccc(OC)c(Cl)c2c1F. The Balaban J connectivity index is 2.04. The molecule has 0 spiro atoms. The van der Waals surface area contributed by atoms with Gasteiger partial charge in [0.1, 0.15) is 30.3 Å². The predicted octanol–water partition coefficient (Wildman–Crippen LogP) is 4.80. The van der Waals surface area contributed by atoms with Gasteiger partial charge in [-0.05, 0) is 23.1 Å². The average Bonchev–Trinajstić information content (AvgIpc) is 2.72. The first kappa shape index (κ1) is 19.8. The molecule has 7 heteroatoms. The second-order valence-electron chi connectivity index (χ2n) is 5.95. The van der Waals surface area contributed by atoms with E-state index >= 15 is 4.39 Å². The number of esters is 1. The normalized spacial score (nSPS) is 10.6. The van der Waals surface area contributed by atoms with Crippen molar-refractivity contribution in [2.45, 2.75) is 6.61 Å². The fraction of sp³-hybridized carbons (Fsp3) is 0.190. The molecule has 0 amide bonds. The van der Waals surface area contributed by atoms with Gasteiger partial charge in [0.2, 0.25) is 0 Å². The molecule has 0 aliphatic heterocycles. The number of hydrogen-bond donors (Lipinski definition) is 1. The molecule has 3 aromatic carbocycles. The molecule has 28 heavy (non-hydrogen) atoms. The molecular weight excluding hydrogens is 385 g/mol. The summed E-state index contributed by atoms with van der Waals surface area (Å²) in [4.78, 5) is 11.5. The van der Waals surface area contributed by atoms with Crippen LogP contribution in [0.25, 0.3) is 10.8 Å². The molecule has 1 N–H and O–H groups in total. The van der Waals surface area contributed by atoms with Gasteiger partial charge in [-0.2, -0.15) is 0 Å². The number of nitrogens with one attached hydrogen (secondary N) is 1. The molecule has 0 saturated heterocycles. The quantitative estimate of drug-likeness (QED) is 0.574. The maximum atomic E-state index is 15.4. The minimum absolute atomic E-state index is 0.0315. The van der Waals surface area contributed by atoms with E-state index in [1.807, 2.05) is 30.3 Å². The number of carbonyl (C=O) groups is 1. The van der Waals surface area contributed by atoms with E-state index in [9.17, 15) is 4.79 Å². The first-order valence-electron chi connectivity index (χ1n) is 8.51. The van der Waals surface area contributed by atoms with Crippen LogP contribution in [0.4, 0.5) is 10.1 Å². The van der Waals surface area contributed by atoms with E-state index in [1.165, 1.54) is 14.2 Å². The molecule has 0 heterocycles. The van der Waals surface area contributed by atoms with Crippen LogP contribution in [0.15, 0.2) is 48.5 Å². The Morgan fingerprint density at radius 3 is 2.54 bits per heavy atom. The number of hydrogen-bond acceptors (Lipinski definition) is 5. The molecule has 146 valence electrons. The second-order valence-corrected chi connectivity index (χ2v) is 6.33. The van der Waals surface area contributed by atoms with Gasteiger partial charge in [-0.3, -0.25) is 4.79 Å². The number of ether oxygens (including phenoxy) is 3. The number of carbonyl (C=O) groups excluding carboxylic acids is 1. The van der Waals surface area contributed by atoms with E-state index in [0.29, 0.717) is 11.1 Å². The summed E-state index contributed by atoms with van der Waals surface area (Å²) in [6.07, 6.45) is 0. The van der Waals surface area contributed by atoms with E-state index in [2.05, 4.69) is 10.1 Å². The van der Waals surface area contributed by atoms with E-state index in [0.717, 1.165) is 5.56 Å². The standard InChI is InChI=1S/C21H19ClFNO4/c1-26-15-9-8-14-10-16(28-12-13-6-4-3-5-7-13)21(24-11-17(25)27-2)20(23)18(14)19(15)22/h3-10,24H,11-12H2,1-2H3. The van der Waals surface area contributed by atoms with Gasteiger partial charge in [-0.25, -0.2) is 4.39 Å². The minimum Gasteiger partial charge on any atom is -0.495 e. The summed E-state index contributed by atoms with van der Waals surface area (Å²) in [7, 11) is 2.72. The highest BCUT2D eigenvalue weighted by molar-refractivity contribution is 6.37. The summed E-state index contributed by atoms with van der Waals surface area (Å²) in [6, 6.07) is 14.5. The maximum absolute atomic E-state index is 15.4. The number of methoxy groups -OCH3 is 2. The zero-order valence-corrected chi connectivity index (χ0v) is 16.2. The summed E-state index contributed by atoms with van der Waals surface area (Å²) in [5.41, 5.74) is 0.957. The summed E-state index contributed by atoms with van der Waals surface area (Å²) >= 11 is 6.31. The molecule has 0 bridgehead atoms. The van der Waals surface area contributed by atoms with Gasteiger partial charge in [0.05, 0.1) is 19.2 Å². The van der Waals surface area contributed by atoms with Crippen molar-refractivity contribution in [1.29, 1.82) is 0 Å². The van der Waals surface area contributed by atoms with Crippen molar-refractivity contribution in [3.63, 3.8) is 0 Å². The van der Waals surface area contributed by atoms with Crippen LogP contribution in [0.2, 0.25) is 5.02 Å². The highest BCUT2D eigenvalue weighted by atomic mass is 35.5. The van der Waals surface area contributed by atoms with Gasteiger partial charge in [0.25, 0.3) is 0 Å². The summed E-state index contributed by atoms with van der Waals surface area (Å²) in [5, 5.41) is 3.63. The molecule has 0 aromatic heterocycles. The Morgan fingerprint density at radius 2 is 1.86 bits per heavy atom. The molecule has 0 saturated carbocycles. The number of halogens is 2. The van der Waals surface area contributed by atoms with Crippen molar-refractivity contribution < 1.29 is 23.4 Å². The topological polar surface area (TPSA) is 56.8 Å². The Morgan fingerprint density at radius 1 is 1.11 bits per heavy atom. The third-order valence-electron chi connectivity index (χ3n) is 4.20. The number of benzene rings is 3. The molecule has 0 atom stereocenters. The Labute approximate surface area is 167 Å². The van der Waals surface area contributed by atoms with Crippen LogP contribution >= 0.6 is 11.6 Å². The number of rotatable bonds is 7.